The van der Waals surface area contributed by atoms with Crippen LogP contribution < -0.4 is 10.2 Å². The first-order valence-electron chi connectivity index (χ1n) is 6.98. The Morgan fingerprint density at radius 2 is 2.10 bits per heavy atom. The van der Waals surface area contributed by atoms with Gasteiger partial charge in [0.25, 0.3) is 0 Å². The molecule has 21 heavy (non-hydrogen) atoms. The molecule has 0 fully saturated rings. The van der Waals surface area contributed by atoms with Crippen LogP contribution in [0.25, 0.3) is 10.9 Å². The van der Waals surface area contributed by atoms with E-state index in [9.17, 15) is 5.11 Å². The molecule has 2 N–H and O–H groups in total. The number of hydrogen-bond acceptors (Lipinski definition) is 4. The van der Waals surface area contributed by atoms with Gasteiger partial charge in [0.15, 0.2) is 5.69 Å². The van der Waals surface area contributed by atoms with E-state index in [1.54, 1.807) is 6.07 Å². The maximum atomic E-state index is 9.96. The number of nitrogens with zero attached hydrogens (tertiary/aromatic N) is 2. The average molecular weight is 287 g/mol. The molecular weight excluding hydrogens is 266 g/mol. The molecule has 1 aromatic carbocycles. The third-order valence-electron chi connectivity index (χ3n) is 3.05. The van der Waals surface area contributed by atoms with Gasteiger partial charge in [-0.1, -0.05) is 18.2 Å². The summed E-state index contributed by atoms with van der Waals surface area (Å²) in [6.07, 6.45) is -0.642. The van der Waals surface area contributed by atoms with Crippen molar-refractivity contribution in [1.29, 1.82) is 5.26 Å². The van der Waals surface area contributed by atoms with Crippen molar-refractivity contribution in [3.63, 3.8) is 0 Å². The van der Waals surface area contributed by atoms with E-state index in [2.05, 4.69) is 11.4 Å². The molecule has 1 atom stereocenters. The van der Waals surface area contributed by atoms with E-state index in [-0.39, 0.29) is 12.1 Å². The number of para-hydroxylation sites is 1. The van der Waals surface area contributed by atoms with Crippen molar-refractivity contribution in [2.75, 3.05) is 13.2 Å². The minimum absolute atomic E-state index is 0.0566. The molecule has 0 radical (unpaired) electrons. The van der Waals surface area contributed by atoms with Gasteiger partial charge >= 0.3 is 0 Å². The van der Waals surface area contributed by atoms with Crippen LogP contribution >= 0.6 is 0 Å². The maximum Gasteiger partial charge on any atom is 0.158 e. The first-order valence-corrected chi connectivity index (χ1v) is 6.98. The lowest BCUT2D eigenvalue weighted by molar-refractivity contribution is 0.0285. The highest BCUT2D eigenvalue weighted by molar-refractivity contribution is 5.81. The van der Waals surface area contributed by atoms with Crippen LogP contribution in [0.3, 0.4) is 0 Å². The second-order valence-electron chi connectivity index (χ2n) is 6.08. The SMILES string of the molecule is CC(C)(C)NCC(O)COn1c(C#N)cc2ccccc21. The quantitative estimate of drug-likeness (QED) is 0.878. The fourth-order valence-corrected chi connectivity index (χ4v) is 1.99. The van der Waals surface area contributed by atoms with Gasteiger partial charge in [-0.2, -0.15) is 9.99 Å². The van der Waals surface area contributed by atoms with E-state index in [0.29, 0.717) is 12.2 Å². The fraction of sp³-hybridized carbons (Fsp3) is 0.438. The minimum atomic E-state index is -0.642. The summed E-state index contributed by atoms with van der Waals surface area (Å²) < 4.78 is 1.48. The van der Waals surface area contributed by atoms with Crippen LogP contribution in [0.2, 0.25) is 0 Å². The van der Waals surface area contributed by atoms with E-state index in [4.69, 9.17) is 10.1 Å². The Morgan fingerprint density at radius 1 is 1.38 bits per heavy atom. The third-order valence-corrected chi connectivity index (χ3v) is 3.05. The fourth-order valence-electron chi connectivity index (χ4n) is 1.99. The Bertz CT molecular complexity index is 650. The highest BCUT2D eigenvalue weighted by atomic mass is 16.7. The van der Waals surface area contributed by atoms with Crippen molar-refractivity contribution in [2.24, 2.45) is 0 Å². The van der Waals surface area contributed by atoms with Gasteiger partial charge in [0, 0.05) is 17.5 Å². The average Bonchev–Trinajstić information content (AvgIpc) is 2.80. The molecule has 5 nitrogen and oxygen atoms in total. The number of aliphatic hydroxyl groups is 1. The van der Waals surface area contributed by atoms with Gasteiger partial charge in [0.05, 0.1) is 5.52 Å². The Labute approximate surface area is 124 Å². The van der Waals surface area contributed by atoms with Gasteiger partial charge in [-0.3, -0.25) is 0 Å². The Kier molecular flexibility index (Phi) is 4.51. The lowest BCUT2D eigenvalue weighted by atomic mass is 10.1. The number of rotatable bonds is 5. The van der Waals surface area contributed by atoms with Crippen LogP contribution in [0.4, 0.5) is 0 Å². The molecule has 1 unspecified atom stereocenters. The highest BCUT2D eigenvalue weighted by Gasteiger charge is 2.14. The van der Waals surface area contributed by atoms with E-state index >= 15 is 0 Å². The van der Waals surface area contributed by atoms with Gasteiger partial charge in [0.1, 0.15) is 18.8 Å². The van der Waals surface area contributed by atoms with Crippen LogP contribution in [-0.4, -0.2) is 34.6 Å². The smallest absolute Gasteiger partial charge is 0.158 e. The zero-order chi connectivity index (χ0) is 15.5. The third kappa shape index (κ3) is 3.97. The molecule has 0 saturated heterocycles. The summed E-state index contributed by atoms with van der Waals surface area (Å²) >= 11 is 0. The predicted molar refractivity (Wildman–Crippen MR) is 81.9 cm³/mol. The molecule has 1 heterocycles. The van der Waals surface area contributed by atoms with Gasteiger partial charge < -0.3 is 15.3 Å². The number of nitrogens with one attached hydrogen (secondary N) is 1. The minimum Gasteiger partial charge on any atom is -0.410 e. The molecule has 0 aliphatic carbocycles. The Morgan fingerprint density at radius 3 is 2.76 bits per heavy atom. The van der Waals surface area contributed by atoms with Crippen LogP contribution in [0.15, 0.2) is 30.3 Å². The first kappa shape index (κ1) is 15.4. The summed E-state index contributed by atoms with van der Waals surface area (Å²) in [5.41, 5.74) is 1.19. The molecular formula is C16H21N3O2. The molecule has 5 heteroatoms. The summed E-state index contributed by atoms with van der Waals surface area (Å²) in [5.74, 6) is 0. The van der Waals surface area contributed by atoms with Crippen molar-refractivity contribution in [2.45, 2.75) is 32.4 Å². The second-order valence-corrected chi connectivity index (χ2v) is 6.08. The van der Waals surface area contributed by atoms with Crippen molar-refractivity contribution >= 4 is 10.9 Å². The first-order chi connectivity index (χ1) is 9.90. The molecule has 0 aliphatic rings. The topological polar surface area (TPSA) is 70.2 Å². The van der Waals surface area contributed by atoms with Gasteiger partial charge in [-0.15, -0.1) is 0 Å². The molecule has 2 aromatic rings. The standard InChI is InChI=1S/C16H21N3O2/c1-16(2,3)18-10-14(20)11-21-19-13(9-17)8-12-6-4-5-7-15(12)19/h4-8,14,18,20H,10-11H2,1-3H3. The lowest BCUT2D eigenvalue weighted by Crippen LogP contribution is -2.43. The second kappa shape index (κ2) is 6.17. The van der Waals surface area contributed by atoms with Crippen molar-refractivity contribution in [1.82, 2.24) is 10.0 Å². The van der Waals surface area contributed by atoms with Gasteiger partial charge in [0.2, 0.25) is 0 Å². The molecule has 0 saturated carbocycles. The highest BCUT2D eigenvalue weighted by Crippen LogP contribution is 2.17. The molecule has 0 amide bonds. The molecule has 2 rings (SSSR count). The summed E-state index contributed by atoms with van der Waals surface area (Å²) in [4.78, 5) is 5.61. The molecule has 0 spiro atoms. The largest absolute Gasteiger partial charge is 0.410 e. The number of fused-ring (bicyclic) bond motifs is 1. The monoisotopic (exact) mass is 287 g/mol. The normalized spacial score (nSPS) is 13.1. The summed E-state index contributed by atoms with van der Waals surface area (Å²) in [6.45, 7) is 6.66. The van der Waals surface area contributed by atoms with E-state index < -0.39 is 6.10 Å². The van der Waals surface area contributed by atoms with E-state index in [0.717, 1.165) is 10.9 Å². The molecule has 0 aliphatic heterocycles. The van der Waals surface area contributed by atoms with Crippen molar-refractivity contribution in [3.05, 3.63) is 36.0 Å². The van der Waals surface area contributed by atoms with E-state index in [1.807, 2.05) is 45.0 Å². The molecule has 112 valence electrons. The number of aliphatic hydroxyl groups excluding tert-OH is 1. The van der Waals surface area contributed by atoms with Gasteiger partial charge in [-0.05, 0) is 32.9 Å². The van der Waals surface area contributed by atoms with Gasteiger partial charge in [-0.25, -0.2) is 0 Å². The summed E-state index contributed by atoms with van der Waals surface area (Å²) in [6, 6.07) is 11.5. The number of nitriles is 1. The Balaban J connectivity index is 2.05. The van der Waals surface area contributed by atoms with Crippen molar-refractivity contribution in [3.8, 4) is 6.07 Å². The molecule has 1 aromatic heterocycles. The van der Waals surface area contributed by atoms with Crippen LogP contribution in [0.1, 0.15) is 26.5 Å². The maximum absolute atomic E-state index is 9.96. The zero-order valence-corrected chi connectivity index (χ0v) is 12.6. The number of aromatic nitrogens is 1. The Hall–Kier alpha value is -2.03. The number of benzene rings is 1. The van der Waals surface area contributed by atoms with E-state index in [1.165, 1.54) is 4.73 Å². The van der Waals surface area contributed by atoms with Crippen molar-refractivity contribution < 1.29 is 9.94 Å². The summed E-state index contributed by atoms with van der Waals surface area (Å²) in [5, 5.41) is 23.3. The predicted octanol–water partition coefficient (Wildman–Crippen LogP) is 1.69. The number of β-amino-alcohol motifs (C(OH)–C–C–N with tert-alkyl or cyclic N) is 1. The van der Waals surface area contributed by atoms with Crippen LogP contribution in [0, 0.1) is 11.3 Å². The van der Waals surface area contributed by atoms with Crippen LogP contribution in [-0.2, 0) is 0 Å². The summed E-state index contributed by atoms with van der Waals surface area (Å²) in [7, 11) is 0. The zero-order valence-electron chi connectivity index (χ0n) is 12.6. The van der Waals surface area contributed by atoms with Crippen LogP contribution in [0.5, 0.6) is 0 Å². The number of hydrogen-bond donors (Lipinski definition) is 2. The molecule has 0 bridgehead atoms. The lowest BCUT2D eigenvalue weighted by Gasteiger charge is -2.23.